The van der Waals surface area contributed by atoms with Crippen LogP contribution in [0.15, 0.2) is 30.3 Å². The van der Waals surface area contributed by atoms with Crippen molar-refractivity contribution in [1.29, 1.82) is 0 Å². The number of rotatable bonds is 4. The molecule has 1 aliphatic rings. The van der Waals surface area contributed by atoms with Crippen molar-refractivity contribution < 1.29 is 9.32 Å². The van der Waals surface area contributed by atoms with Gasteiger partial charge in [0.1, 0.15) is 0 Å². The molecule has 0 N–H and O–H groups in total. The average Bonchev–Trinajstić information content (AvgIpc) is 2.38. The van der Waals surface area contributed by atoms with Crippen LogP contribution in [0.5, 0.6) is 0 Å². The molecule has 88 valence electrons. The fourth-order valence-corrected chi connectivity index (χ4v) is 1.88. The Balaban J connectivity index is 1.81. The summed E-state index contributed by atoms with van der Waals surface area (Å²) in [5.74, 6) is 0. The number of hydrogen-bond donors (Lipinski definition) is 0. The van der Waals surface area contributed by atoms with Gasteiger partial charge in [0.25, 0.3) is 0 Å². The molecule has 4 nitrogen and oxygen atoms in total. The summed E-state index contributed by atoms with van der Waals surface area (Å²) in [5, 5.41) is 1.84. The lowest BCUT2D eigenvalue weighted by molar-refractivity contribution is -0.360. The number of piperazine rings is 1. The predicted octanol–water partition coefficient (Wildman–Crippen LogP) is 1.95. The molecule has 1 fully saturated rings. The van der Waals surface area contributed by atoms with Gasteiger partial charge in [0.05, 0.1) is 0 Å². The number of benzene rings is 1. The molecule has 0 radical (unpaired) electrons. The summed E-state index contributed by atoms with van der Waals surface area (Å²) in [6.07, 6.45) is 1.83. The summed E-state index contributed by atoms with van der Waals surface area (Å²) in [7, 11) is 0. The van der Waals surface area contributed by atoms with Gasteiger partial charge in [-0.25, -0.2) is 0 Å². The van der Waals surface area contributed by atoms with Crippen molar-refractivity contribution in [1.82, 2.24) is 5.06 Å². The van der Waals surface area contributed by atoms with Crippen molar-refractivity contribution in [2.75, 3.05) is 37.3 Å². The van der Waals surface area contributed by atoms with Crippen molar-refractivity contribution in [2.45, 2.75) is 0 Å². The summed E-state index contributed by atoms with van der Waals surface area (Å²) in [4.78, 5) is 7.43. The van der Waals surface area contributed by atoms with Crippen LogP contribution in [0.3, 0.4) is 0 Å². The Hall–Kier alpha value is -0.750. The highest BCUT2D eigenvalue weighted by molar-refractivity contribution is 7.93. The lowest BCUT2D eigenvalue weighted by Crippen LogP contribution is -2.46. The largest absolute Gasteiger partial charge is 0.369 e. The van der Waals surface area contributed by atoms with Gasteiger partial charge in [0, 0.05) is 50.2 Å². The normalized spacial score (nSPS) is 17.7. The molecule has 2 rings (SSSR count). The van der Waals surface area contributed by atoms with E-state index < -0.39 is 0 Å². The standard InChI is InChI=1S/C11H16N2O2S/c1-16-15-14-13-9-7-12(8-10-13)11-5-3-2-4-6-11/h2-6H,7-10H2,1H3. The van der Waals surface area contributed by atoms with Crippen molar-refractivity contribution >= 4 is 17.7 Å². The molecule has 0 aromatic heterocycles. The first-order valence-electron chi connectivity index (χ1n) is 5.32. The van der Waals surface area contributed by atoms with Gasteiger partial charge in [-0.3, -0.25) is 0 Å². The Kier molecular flexibility index (Phi) is 4.47. The molecule has 1 aromatic rings. The second-order valence-corrected chi connectivity index (χ2v) is 4.03. The Morgan fingerprint density at radius 3 is 2.38 bits per heavy atom. The molecule has 16 heavy (non-hydrogen) atoms. The highest BCUT2D eigenvalue weighted by Gasteiger charge is 2.18. The lowest BCUT2D eigenvalue weighted by Gasteiger charge is -2.33. The van der Waals surface area contributed by atoms with E-state index >= 15 is 0 Å². The van der Waals surface area contributed by atoms with E-state index in [1.54, 1.807) is 0 Å². The molecule has 1 aromatic carbocycles. The van der Waals surface area contributed by atoms with E-state index in [1.165, 1.54) is 17.7 Å². The zero-order valence-electron chi connectivity index (χ0n) is 9.33. The van der Waals surface area contributed by atoms with E-state index in [1.807, 2.05) is 17.4 Å². The first-order chi connectivity index (χ1) is 7.90. The van der Waals surface area contributed by atoms with Crippen LogP contribution >= 0.6 is 12.0 Å². The van der Waals surface area contributed by atoms with E-state index in [4.69, 9.17) is 9.32 Å². The molecule has 1 heterocycles. The van der Waals surface area contributed by atoms with Gasteiger partial charge in [-0.2, -0.15) is 5.06 Å². The quantitative estimate of drug-likeness (QED) is 0.455. The van der Waals surface area contributed by atoms with Crippen LogP contribution in [-0.4, -0.2) is 37.5 Å². The van der Waals surface area contributed by atoms with Crippen molar-refractivity contribution in [3.8, 4) is 0 Å². The van der Waals surface area contributed by atoms with Gasteiger partial charge in [-0.15, -0.1) is 9.32 Å². The molecule has 0 amide bonds. The average molecular weight is 240 g/mol. The Morgan fingerprint density at radius 1 is 1.06 bits per heavy atom. The topological polar surface area (TPSA) is 24.9 Å². The maximum Gasteiger partial charge on any atom is 0.0447 e. The van der Waals surface area contributed by atoms with Gasteiger partial charge >= 0.3 is 0 Å². The van der Waals surface area contributed by atoms with Crippen molar-refractivity contribution in [3.63, 3.8) is 0 Å². The second-order valence-electron chi connectivity index (χ2n) is 3.56. The van der Waals surface area contributed by atoms with Crippen molar-refractivity contribution in [2.24, 2.45) is 0 Å². The molecule has 1 aliphatic heterocycles. The van der Waals surface area contributed by atoms with E-state index in [-0.39, 0.29) is 0 Å². The van der Waals surface area contributed by atoms with Crippen LogP contribution in [0.25, 0.3) is 0 Å². The molecule has 0 aliphatic carbocycles. The molecule has 0 atom stereocenters. The van der Waals surface area contributed by atoms with Gasteiger partial charge in [0.2, 0.25) is 0 Å². The van der Waals surface area contributed by atoms with E-state index in [9.17, 15) is 0 Å². The molecule has 0 saturated carbocycles. The van der Waals surface area contributed by atoms with Crippen LogP contribution in [0, 0.1) is 0 Å². The van der Waals surface area contributed by atoms with Gasteiger partial charge in [-0.1, -0.05) is 18.2 Å². The lowest BCUT2D eigenvalue weighted by atomic mass is 10.2. The van der Waals surface area contributed by atoms with Crippen LogP contribution < -0.4 is 4.90 Å². The van der Waals surface area contributed by atoms with Crippen LogP contribution in [0.2, 0.25) is 0 Å². The predicted molar refractivity (Wildman–Crippen MR) is 65.9 cm³/mol. The van der Waals surface area contributed by atoms with E-state index in [2.05, 4.69) is 29.2 Å². The third-order valence-corrected chi connectivity index (χ3v) is 2.76. The molecule has 5 heteroatoms. The SMILES string of the molecule is CSOON1CCN(c2ccccc2)CC1. The Labute approximate surface area is 100 Å². The fraction of sp³-hybridized carbons (Fsp3) is 0.455. The minimum atomic E-state index is 0.857. The molecule has 1 saturated heterocycles. The molecule has 0 bridgehead atoms. The highest BCUT2D eigenvalue weighted by Crippen LogP contribution is 2.15. The van der Waals surface area contributed by atoms with Gasteiger partial charge in [0.15, 0.2) is 0 Å². The monoisotopic (exact) mass is 240 g/mol. The van der Waals surface area contributed by atoms with Crippen LogP contribution in [0.4, 0.5) is 5.69 Å². The fourth-order valence-electron chi connectivity index (χ4n) is 1.73. The van der Waals surface area contributed by atoms with E-state index in [0.717, 1.165) is 26.2 Å². The van der Waals surface area contributed by atoms with E-state index in [0.29, 0.717) is 0 Å². The van der Waals surface area contributed by atoms with Crippen molar-refractivity contribution in [3.05, 3.63) is 30.3 Å². The third-order valence-electron chi connectivity index (χ3n) is 2.56. The minimum absolute atomic E-state index is 0.857. The maximum absolute atomic E-state index is 5.09. The Morgan fingerprint density at radius 2 is 1.75 bits per heavy atom. The van der Waals surface area contributed by atoms with Gasteiger partial charge < -0.3 is 4.90 Å². The molecular weight excluding hydrogens is 224 g/mol. The first kappa shape index (κ1) is 11.7. The zero-order valence-corrected chi connectivity index (χ0v) is 10.2. The molecule has 0 unspecified atom stereocenters. The summed E-state index contributed by atoms with van der Waals surface area (Å²) < 4.78 is 4.84. The highest BCUT2D eigenvalue weighted by atomic mass is 32.2. The maximum atomic E-state index is 5.09. The first-order valence-corrected chi connectivity index (χ1v) is 6.47. The summed E-state index contributed by atoms with van der Waals surface area (Å²) >= 11 is 1.21. The third kappa shape index (κ3) is 3.12. The zero-order chi connectivity index (χ0) is 11.2. The molecular formula is C11H16N2O2S. The summed E-state index contributed by atoms with van der Waals surface area (Å²) in [6.45, 7) is 3.63. The summed E-state index contributed by atoms with van der Waals surface area (Å²) in [6, 6.07) is 10.4. The number of para-hydroxylation sites is 1. The minimum Gasteiger partial charge on any atom is -0.369 e. The number of nitrogens with zero attached hydrogens (tertiary/aromatic N) is 2. The number of hydroxylamine groups is 2. The second kappa shape index (κ2) is 6.10. The van der Waals surface area contributed by atoms with Crippen LogP contribution in [0.1, 0.15) is 0 Å². The van der Waals surface area contributed by atoms with Gasteiger partial charge in [-0.05, 0) is 12.1 Å². The number of anilines is 1. The number of hydrogen-bond acceptors (Lipinski definition) is 5. The summed E-state index contributed by atoms with van der Waals surface area (Å²) in [5.41, 5.74) is 1.27. The Bertz CT molecular complexity index is 302. The smallest absolute Gasteiger partial charge is 0.0447 e. The van der Waals surface area contributed by atoms with Crippen LogP contribution in [-0.2, 0) is 9.32 Å². The molecule has 0 spiro atoms.